The van der Waals surface area contributed by atoms with E-state index in [-0.39, 0.29) is 18.3 Å². The molecule has 1 fully saturated rings. The highest BCUT2D eigenvalue weighted by atomic mass is 32.2. The molecule has 1 rings (SSSR count). The van der Waals surface area contributed by atoms with Gasteiger partial charge in [0.25, 0.3) is 0 Å². The molecule has 0 atom stereocenters. The summed E-state index contributed by atoms with van der Waals surface area (Å²) in [5, 5.41) is 8.31. The van der Waals surface area contributed by atoms with Crippen LogP contribution in [-0.4, -0.2) is 29.0 Å². The first-order chi connectivity index (χ1) is 3.84. The van der Waals surface area contributed by atoms with Gasteiger partial charge in [0, 0.05) is 17.4 Å². The summed E-state index contributed by atoms with van der Waals surface area (Å²) in [6, 6.07) is 0. The number of rotatable bonds is 2. The molecule has 0 radical (unpaired) electrons. The maximum atomic E-state index is 10.5. The van der Waals surface area contributed by atoms with Crippen LogP contribution >= 0.6 is 11.8 Å². The molecule has 0 aromatic heterocycles. The lowest BCUT2D eigenvalue weighted by atomic mass is 10.1. The van der Waals surface area contributed by atoms with Crippen molar-refractivity contribution in [2.24, 2.45) is 5.92 Å². The van der Waals surface area contributed by atoms with Crippen molar-refractivity contribution in [2.45, 2.75) is 0 Å². The van der Waals surface area contributed by atoms with E-state index in [9.17, 15) is 4.79 Å². The van der Waals surface area contributed by atoms with Gasteiger partial charge in [-0.15, -0.1) is 0 Å². The van der Waals surface area contributed by atoms with Gasteiger partial charge in [0.2, 0.25) is 0 Å². The summed E-state index contributed by atoms with van der Waals surface area (Å²) in [5.74, 6) is 2.01. The first kappa shape index (κ1) is 6.11. The Labute approximate surface area is 52.3 Å². The topological polar surface area (TPSA) is 37.3 Å². The summed E-state index contributed by atoms with van der Waals surface area (Å²) < 4.78 is 0. The number of Topliss-reactive ketones (excluding diaryl/α,β-unsaturated/α-hetero) is 1. The monoisotopic (exact) mass is 132 g/mol. The number of thioether (sulfide) groups is 1. The smallest absolute Gasteiger partial charge is 0.162 e. The molecule has 1 N–H and O–H groups in total. The fourth-order valence-electron chi connectivity index (χ4n) is 0.551. The SMILES string of the molecule is O=C(CO)C1CSC1. The van der Waals surface area contributed by atoms with Crippen LogP contribution in [0, 0.1) is 5.92 Å². The van der Waals surface area contributed by atoms with Crippen molar-refractivity contribution in [1.29, 1.82) is 0 Å². The number of hydrogen-bond donors (Lipinski definition) is 1. The number of carbonyl (C=O) groups excluding carboxylic acids is 1. The first-order valence-electron chi connectivity index (χ1n) is 2.56. The molecule has 8 heavy (non-hydrogen) atoms. The van der Waals surface area contributed by atoms with Crippen LogP contribution in [0.2, 0.25) is 0 Å². The first-order valence-corrected chi connectivity index (χ1v) is 3.71. The molecule has 0 aliphatic carbocycles. The molecule has 0 aromatic rings. The van der Waals surface area contributed by atoms with Crippen LogP contribution in [0.5, 0.6) is 0 Å². The predicted molar refractivity (Wildman–Crippen MR) is 32.9 cm³/mol. The van der Waals surface area contributed by atoms with Crippen molar-refractivity contribution in [3.63, 3.8) is 0 Å². The van der Waals surface area contributed by atoms with Crippen molar-refractivity contribution in [3.8, 4) is 0 Å². The highest BCUT2D eigenvalue weighted by Crippen LogP contribution is 2.24. The second-order valence-corrected chi connectivity index (χ2v) is 2.93. The van der Waals surface area contributed by atoms with E-state index in [0.29, 0.717) is 0 Å². The van der Waals surface area contributed by atoms with Crippen molar-refractivity contribution in [2.75, 3.05) is 18.1 Å². The van der Waals surface area contributed by atoms with Gasteiger partial charge in [-0.2, -0.15) is 11.8 Å². The number of ketones is 1. The highest BCUT2D eigenvalue weighted by Gasteiger charge is 2.24. The second kappa shape index (κ2) is 2.51. The van der Waals surface area contributed by atoms with E-state index in [1.54, 1.807) is 11.8 Å². The molecule has 0 amide bonds. The van der Waals surface area contributed by atoms with Crippen LogP contribution < -0.4 is 0 Å². The molecule has 0 bridgehead atoms. The molecule has 0 saturated carbocycles. The second-order valence-electron chi connectivity index (χ2n) is 1.86. The average molecular weight is 132 g/mol. The summed E-state index contributed by atoms with van der Waals surface area (Å²) in [5.41, 5.74) is 0. The van der Waals surface area contributed by atoms with Crippen molar-refractivity contribution < 1.29 is 9.90 Å². The molecule has 1 aliphatic heterocycles. The van der Waals surface area contributed by atoms with Crippen LogP contribution in [0.1, 0.15) is 0 Å². The van der Waals surface area contributed by atoms with Crippen LogP contribution in [0.3, 0.4) is 0 Å². The van der Waals surface area contributed by atoms with Crippen LogP contribution in [0.25, 0.3) is 0 Å². The zero-order valence-electron chi connectivity index (χ0n) is 4.46. The van der Waals surface area contributed by atoms with E-state index in [2.05, 4.69) is 0 Å². The Kier molecular flexibility index (Phi) is 1.91. The molecule has 1 aliphatic rings. The Bertz CT molecular complexity index is 98.6. The van der Waals surface area contributed by atoms with Crippen molar-refractivity contribution in [3.05, 3.63) is 0 Å². The van der Waals surface area contributed by atoms with Gasteiger partial charge in [0.15, 0.2) is 5.78 Å². The molecule has 3 heteroatoms. The fraction of sp³-hybridized carbons (Fsp3) is 0.800. The number of aliphatic hydroxyl groups excluding tert-OH is 1. The maximum Gasteiger partial charge on any atom is 0.162 e. The zero-order chi connectivity index (χ0) is 5.98. The molecule has 2 nitrogen and oxygen atoms in total. The van der Waals surface area contributed by atoms with Crippen LogP contribution in [0.4, 0.5) is 0 Å². The number of hydrogen-bond acceptors (Lipinski definition) is 3. The maximum absolute atomic E-state index is 10.5. The van der Waals surface area contributed by atoms with Crippen molar-refractivity contribution in [1.82, 2.24) is 0 Å². The van der Waals surface area contributed by atoms with E-state index in [4.69, 9.17) is 5.11 Å². The van der Waals surface area contributed by atoms with Gasteiger partial charge in [-0.25, -0.2) is 0 Å². The molecular weight excluding hydrogens is 124 g/mol. The van der Waals surface area contributed by atoms with Gasteiger partial charge in [-0.1, -0.05) is 0 Å². The number of aliphatic hydroxyl groups is 1. The lowest BCUT2D eigenvalue weighted by molar-refractivity contribution is -0.124. The largest absolute Gasteiger partial charge is 0.389 e. The lowest BCUT2D eigenvalue weighted by Gasteiger charge is -2.21. The molecule has 1 heterocycles. The third-order valence-corrected chi connectivity index (χ3v) is 2.53. The van der Waals surface area contributed by atoms with Gasteiger partial charge < -0.3 is 5.11 Å². The van der Waals surface area contributed by atoms with Gasteiger partial charge >= 0.3 is 0 Å². The predicted octanol–water partition coefficient (Wildman–Crippen LogP) is -0.0892. The van der Waals surface area contributed by atoms with E-state index in [1.165, 1.54) is 0 Å². The summed E-state index contributed by atoms with van der Waals surface area (Å²) in [6.07, 6.45) is 0. The molecular formula is C5H8O2S. The van der Waals surface area contributed by atoms with E-state index in [1.807, 2.05) is 0 Å². The minimum absolute atomic E-state index is 0.00347. The van der Waals surface area contributed by atoms with Gasteiger partial charge in [0.1, 0.15) is 6.61 Å². The summed E-state index contributed by atoms with van der Waals surface area (Å²) in [4.78, 5) is 10.5. The Morgan fingerprint density at radius 3 is 2.50 bits per heavy atom. The summed E-state index contributed by atoms with van der Waals surface area (Å²) in [7, 11) is 0. The minimum Gasteiger partial charge on any atom is -0.389 e. The quantitative estimate of drug-likeness (QED) is 0.570. The Morgan fingerprint density at radius 1 is 1.75 bits per heavy atom. The molecule has 0 unspecified atom stereocenters. The highest BCUT2D eigenvalue weighted by molar-refractivity contribution is 8.00. The normalized spacial score (nSPS) is 20.1. The van der Waals surface area contributed by atoms with E-state index >= 15 is 0 Å². The zero-order valence-corrected chi connectivity index (χ0v) is 5.28. The fourth-order valence-corrected chi connectivity index (χ4v) is 1.39. The molecule has 46 valence electrons. The molecule has 0 spiro atoms. The Morgan fingerprint density at radius 2 is 2.38 bits per heavy atom. The van der Waals surface area contributed by atoms with Gasteiger partial charge in [-0.3, -0.25) is 4.79 Å². The van der Waals surface area contributed by atoms with Gasteiger partial charge in [0.05, 0.1) is 0 Å². The lowest BCUT2D eigenvalue weighted by Crippen LogP contribution is -2.29. The Balaban J connectivity index is 2.24. The van der Waals surface area contributed by atoms with Crippen LogP contribution in [0.15, 0.2) is 0 Å². The third kappa shape index (κ3) is 1.03. The van der Waals surface area contributed by atoms with E-state index < -0.39 is 0 Å². The van der Waals surface area contributed by atoms with Crippen molar-refractivity contribution >= 4 is 17.5 Å². The summed E-state index contributed by atoms with van der Waals surface area (Å²) in [6.45, 7) is -0.273. The molecule has 1 saturated heterocycles. The van der Waals surface area contributed by atoms with E-state index in [0.717, 1.165) is 11.5 Å². The summed E-state index contributed by atoms with van der Waals surface area (Å²) >= 11 is 1.76. The Hall–Kier alpha value is -0.0200. The molecule has 0 aromatic carbocycles. The minimum atomic E-state index is -0.273. The standard InChI is InChI=1S/C5H8O2S/c6-1-5(7)4-2-8-3-4/h4,6H,1-3H2. The average Bonchev–Trinajstić information content (AvgIpc) is 1.62. The number of carbonyl (C=O) groups is 1. The van der Waals surface area contributed by atoms with Gasteiger partial charge in [-0.05, 0) is 0 Å². The van der Waals surface area contributed by atoms with Crippen LogP contribution in [-0.2, 0) is 4.79 Å². The third-order valence-electron chi connectivity index (χ3n) is 1.25.